The van der Waals surface area contributed by atoms with E-state index in [1.54, 1.807) is 0 Å². The number of carbonyl (C=O) groups excluding carboxylic acids is 1. The second-order valence-electron chi connectivity index (χ2n) is 6.46. The van der Waals surface area contributed by atoms with Gasteiger partial charge < -0.3 is 25.0 Å². The number of piperidine rings is 1. The Balaban J connectivity index is 1.67. The average molecular weight is 433 g/mol. The number of H-pyrrole nitrogens is 1. The van der Waals surface area contributed by atoms with Gasteiger partial charge in [-0.3, -0.25) is 4.79 Å². The van der Waals surface area contributed by atoms with E-state index < -0.39 is 41.7 Å². The number of hydrogen-bond donors (Lipinski definition) is 3. The number of carboxylic acid groups (broad SMARTS) is 1. The lowest BCUT2D eigenvalue weighted by Crippen LogP contribution is -2.55. The summed E-state index contributed by atoms with van der Waals surface area (Å²) in [6.07, 6.45) is -3.42. The molecule has 3 rings (SSSR count). The van der Waals surface area contributed by atoms with E-state index in [1.807, 2.05) is 4.90 Å². The summed E-state index contributed by atoms with van der Waals surface area (Å²) < 4.78 is 44.0. The van der Waals surface area contributed by atoms with Gasteiger partial charge in [-0.25, -0.2) is 14.8 Å². The number of methoxy groups -OCH3 is 1. The summed E-state index contributed by atoms with van der Waals surface area (Å²) in [6.45, 7) is 1.99. The highest BCUT2D eigenvalue weighted by Gasteiger charge is 2.38. The fourth-order valence-electron chi connectivity index (χ4n) is 3.08. The lowest BCUT2D eigenvalue weighted by atomic mass is 10.0. The number of halogens is 3. The summed E-state index contributed by atoms with van der Waals surface area (Å²) in [5, 5.41) is 12.2. The van der Waals surface area contributed by atoms with Gasteiger partial charge in [-0.2, -0.15) is 13.2 Å². The van der Waals surface area contributed by atoms with Crippen LogP contribution in [0.2, 0.25) is 0 Å². The van der Waals surface area contributed by atoms with E-state index in [-0.39, 0.29) is 10.6 Å². The Morgan fingerprint density at radius 2 is 2.17 bits per heavy atom. The van der Waals surface area contributed by atoms with E-state index in [9.17, 15) is 22.8 Å². The quantitative estimate of drug-likeness (QED) is 0.659. The third-order valence-electron chi connectivity index (χ3n) is 4.52. The number of ether oxygens (including phenoxy) is 1. The standard InChI is InChI=1S/C16H18F3N5O4S/c1-7-11(16(17,18)19)23-12(21-7)13(25)22-8-3-4-24(6-9(8)28-2)15-20-5-10(29-15)14(26)27/h5,8-9H,3-4,6H2,1-2H3,(H,21,23)(H,22,25)(H,26,27). The third kappa shape index (κ3) is 4.50. The van der Waals surface area contributed by atoms with Gasteiger partial charge in [0.05, 0.1) is 18.3 Å². The Labute approximate surface area is 166 Å². The molecule has 2 aromatic rings. The molecule has 1 aliphatic heterocycles. The van der Waals surface area contributed by atoms with Crippen LogP contribution in [0, 0.1) is 6.92 Å². The Morgan fingerprint density at radius 1 is 1.45 bits per heavy atom. The molecule has 0 saturated carbocycles. The molecule has 13 heteroatoms. The van der Waals surface area contributed by atoms with E-state index in [2.05, 4.69) is 20.3 Å². The van der Waals surface area contributed by atoms with Crippen molar-refractivity contribution in [1.29, 1.82) is 0 Å². The van der Waals surface area contributed by atoms with Crippen LogP contribution in [-0.2, 0) is 10.9 Å². The van der Waals surface area contributed by atoms with Crippen LogP contribution in [0.4, 0.5) is 18.3 Å². The van der Waals surface area contributed by atoms with Gasteiger partial charge in [0.1, 0.15) is 4.88 Å². The molecular formula is C16H18F3N5O4S. The lowest BCUT2D eigenvalue weighted by Gasteiger charge is -2.37. The number of nitrogens with one attached hydrogen (secondary N) is 2. The Bertz CT molecular complexity index is 913. The van der Waals surface area contributed by atoms with E-state index in [0.29, 0.717) is 24.6 Å². The number of alkyl halides is 3. The average Bonchev–Trinajstić information content (AvgIpc) is 3.28. The Kier molecular flexibility index (Phi) is 5.80. The largest absolute Gasteiger partial charge is 0.477 e. The molecule has 2 unspecified atom stereocenters. The molecule has 158 valence electrons. The molecule has 0 spiro atoms. The van der Waals surface area contributed by atoms with Crippen LogP contribution >= 0.6 is 11.3 Å². The number of carboxylic acids is 1. The second-order valence-corrected chi connectivity index (χ2v) is 7.47. The summed E-state index contributed by atoms with van der Waals surface area (Å²) in [4.78, 5) is 35.2. The molecule has 0 aliphatic carbocycles. The fourth-order valence-corrected chi connectivity index (χ4v) is 3.87. The number of aromatic amines is 1. The maximum atomic E-state index is 12.9. The normalized spacial score (nSPS) is 20.0. The minimum atomic E-state index is -4.65. The van der Waals surface area contributed by atoms with Crippen molar-refractivity contribution in [3.8, 4) is 0 Å². The molecular weight excluding hydrogens is 415 g/mol. The number of rotatable bonds is 5. The number of thiazole rings is 1. The van der Waals surface area contributed by atoms with E-state index in [0.717, 1.165) is 11.3 Å². The van der Waals surface area contributed by atoms with Gasteiger partial charge in [0.2, 0.25) is 0 Å². The number of nitrogens with zero attached hydrogens (tertiary/aromatic N) is 3. The van der Waals surface area contributed by atoms with Gasteiger partial charge in [-0.05, 0) is 13.3 Å². The molecule has 2 aromatic heterocycles. The van der Waals surface area contributed by atoms with Crippen LogP contribution in [0.3, 0.4) is 0 Å². The van der Waals surface area contributed by atoms with Crippen molar-refractivity contribution < 1.29 is 32.6 Å². The number of carbonyl (C=O) groups is 2. The highest BCUT2D eigenvalue weighted by molar-refractivity contribution is 7.17. The molecule has 0 radical (unpaired) electrons. The fraction of sp³-hybridized carbons (Fsp3) is 0.500. The van der Waals surface area contributed by atoms with Crippen LogP contribution < -0.4 is 10.2 Å². The van der Waals surface area contributed by atoms with E-state index in [4.69, 9.17) is 9.84 Å². The van der Waals surface area contributed by atoms with Crippen molar-refractivity contribution in [1.82, 2.24) is 20.3 Å². The maximum absolute atomic E-state index is 12.9. The van der Waals surface area contributed by atoms with Crippen molar-refractivity contribution in [2.24, 2.45) is 0 Å². The minimum absolute atomic E-state index is 0.109. The number of aromatic nitrogens is 3. The summed E-state index contributed by atoms with van der Waals surface area (Å²) in [6, 6.07) is -0.456. The zero-order valence-electron chi connectivity index (χ0n) is 15.4. The van der Waals surface area contributed by atoms with Crippen molar-refractivity contribution in [2.75, 3.05) is 25.1 Å². The first-order valence-corrected chi connectivity index (χ1v) is 9.33. The predicted molar refractivity (Wildman–Crippen MR) is 96.3 cm³/mol. The SMILES string of the molecule is COC1CN(c2ncc(C(=O)O)s2)CCC1NC(=O)c1nc(C(F)(F)F)c(C)[nH]1. The lowest BCUT2D eigenvalue weighted by molar-refractivity contribution is -0.141. The van der Waals surface area contributed by atoms with Crippen molar-refractivity contribution in [3.63, 3.8) is 0 Å². The Hall–Kier alpha value is -2.67. The van der Waals surface area contributed by atoms with E-state index in [1.165, 1.54) is 20.2 Å². The first-order chi connectivity index (χ1) is 13.6. The first-order valence-electron chi connectivity index (χ1n) is 8.51. The van der Waals surface area contributed by atoms with Crippen molar-refractivity contribution in [2.45, 2.75) is 31.7 Å². The molecule has 1 fully saturated rings. The number of amides is 1. The number of anilines is 1. The third-order valence-corrected chi connectivity index (χ3v) is 5.57. The summed E-state index contributed by atoms with van der Waals surface area (Å²) in [5.74, 6) is -2.24. The Morgan fingerprint density at radius 3 is 2.72 bits per heavy atom. The molecule has 3 heterocycles. The molecule has 3 N–H and O–H groups in total. The molecule has 1 amide bonds. The van der Waals surface area contributed by atoms with Gasteiger partial charge in [-0.1, -0.05) is 11.3 Å². The number of aryl methyl sites for hydroxylation is 1. The highest BCUT2D eigenvalue weighted by Crippen LogP contribution is 2.30. The molecule has 1 aliphatic rings. The molecule has 9 nitrogen and oxygen atoms in total. The highest BCUT2D eigenvalue weighted by atomic mass is 32.1. The summed E-state index contributed by atoms with van der Waals surface area (Å²) in [7, 11) is 1.46. The number of hydrogen-bond acceptors (Lipinski definition) is 7. The minimum Gasteiger partial charge on any atom is -0.477 e. The van der Waals surface area contributed by atoms with Crippen molar-refractivity contribution >= 4 is 28.3 Å². The maximum Gasteiger partial charge on any atom is 0.435 e. The van der Waals surface area contributed by atoms with Crippen LogP contribution in [0.1, 0.15) is 38.1 Å². The van der Waals surface area contributed by atoms with Crippen LogP contribution in [0.25, 0.3) is 0 Å². The summed E-state index contributed by atoms with van der Waals surface area (Å²) >= 11 is 1.03. The molecule has 2 atom stereocenters. The number of imidazole rings is 1. The molecule has 1 saturated heterocycles. The van der Waals surface area contributed by atoms with Crippen LogP contribution in [0.5, 0.6) is 0 Å². The molecule has 0 aromatic carbocycles. The molecule has 29 heavy (non-hydrogen) atoms. The molecule has 0 bridgehead atoms. The number of aromatic carboxylic acids is 1. The van der Waals surface area contributed by atoms with Gasteiger partial charge >= 0.3 is 12.1 Å². The predicted octanol–water partition coefficient (Wildman–Crippen LogP) is 1.92. The van der Waals surface area contributed by atoms with Crippen LogP contribution in [-0.4, -0.2) is 64.3 Å². The van der Waals surface area contributed by atoms with Gasteiger partial charge in [-0.15, -0.1) is 0 Å². The monoisotopic (exact) mass is 433 g/mol. The van der Waals surface area contributed by atoms with Crippen molar-refractivity contribution in [3.05, 3.63) is 28.3 Å². The van der Waals surface area contributed by atoms with E-state index >= 15 is 0 Å². The van der Waals surface area contributed by atoms with Gasteiger partial charge in [0.25, 0.3) is 5.91 Å². The van der Waals surface area contributed by atoms with Crippen LogP contribution in [0.15, 0.2) is 6.20 Å². The smallest absolute Gasteiger partial charge is 0.435 e. The zero-order chi connectivity index (χ0) is 21.3. The second kappa shape index (κ2) is 7.99. The first kappa shape index (κ1) is 21.0. The topological polar surface area (TPSA) is 120 Å². The van der Waals surface area contributed by atoms with Gasteiger partial charge in [0, 0.05) is 25.9 Å². The van der Waals surface area contributed by atoms with Gasteiger partial charge in [0.15, 0.2) is 16.6 Å². The zero-order valence-corrected chi connectivity index (χ0v) is 16.2. The summed E-state index contributed by atoms with van der Waals surface area (Å²) in [5.41, 5.74) is -1.36.